The molecular weight excluding hydrogens is 266 g/mol. The molecule has 1 aromatic carbocycles. The Bertz CT molecular complexity index is 549. The standard InChI is InChI=1S/C13H16ClN3O2/c1-13(2,18)12-9-17(16-15-12)6-7-19-11-5-3-4-10(14)8-11/h3-5,8-9,18H,6-7H2,1-2H3. The predicted molar refractivity (Wildman–Crippen MR) is 72.2 cm³/mol. The van der Waals surface area contributed by atoms with Gasteiger partial charge in [0.05, 0.1) is 12.7 Å². The van der Waals surface area contributed by atoms with Crippen LogP contribution >= 0.6 is 11.6 Å². The van der Waals surface area contributed by atoms with Crippen molar-refractivity contribution in [3.05, 3.63) is 41.2 Å². The lowest BCUT2D eigenvalue weighted by Gasteiger charge is -2.11. The summed E-state index contributed by atoms with van der Waals surface area (Å²) in [5.41, 5.74) is -0.443. The maximum Gasteiger partial charge on any atom is 0.120 e. The molecule has 2 rings (SSSR count). The highest BCUT2D eigenvalue weighted by Crippen LogP contribution is 2.17. The molecule has 6 heteroatoms. The molecule has 0 saturated carbocycles. The maximum absolute atomic E-state index is 9.77. The third kappa shape index (κ3) is 3.94. The van der Waals surface area contributed by atoms with Crippen molar-refractivity contribution in [2.45, 2.75) is 26.0 Å². The second-order valence-corrected chi connectivity index (χ2v) is 5.17. The van der Waals surface area contributed by atoms with Crippen molar-refractivity contribution < 1.29 is 9.84 Å². The van der Waals surface area contributed by atoms with Crippen molar-refractivity contribution in [3.63, 3.8) is 0 Å². The molecule has 0 saturated heterocycles. The van der Waals surface area contributed by atoms with Crippen LogP contribution in [-0.2, 0) is 12.1 Å². The Balaban J connectivity index is 1.88. The van der Waals surface area contributed by atoms with Gasteiger partial charge in [-0.3, -0.25) is 0 Å². The van der Waals surface area contributed by atoms with E-state index in [4.69, 9.17) is 16.3 Å². The largest absolute Gasteiger partial charge is 0.492 e. The van der Waals surface area contributed by atoms with Crippen molar-refractivity contribution in [1.82, 2.24) is 15.0 Å². The minimum atomic E-state index is -0.980. The monoisotopic (exact) mass is 281 g/mol. The molecule has 0 spiro atoms. The van der Waals surface area contributed by atoms with E-state index in [1.165, 1.54) is 0 Å². The lowest BCUT2D eigenvalue weighted by molar-refractivity contribution is 0.0737. The average molecular weight is 282 g/mol. The van der Waals surface area contributed by atoms with Crippen LogP contribution in [0, 0.1) is 0 Å². The number of aliphatic hydroxyl groups is 1. The number of ether oxygens (including phenoxy) is 1. The number of aromatic nitrogens is 3. The first kappa shape index (κ1) is 13.8. The molecular formula is C13H16ClN3O2. The van der Waals surface area contributed by atoms with E-state index in [-0.39, 0.29) is 0 Å². The highest BCUT2D eigenvalue weighted by Gasteiger charge is 2.19. The minimum Gasteiger partial charge on any atom is -0.492 e. The molecule has 1 N–H and O–H groups in total. The van der Waals surface area contributed by atoms with Gasteiger partial charge in [0.2, 0.25) is 0 Å². The Labute approximate surface area is 116 Å². The normalized spacial score (nSPS) is 11.6. The number of halogens is 1. The first-order valence-corrected chi connectivity index (χ1v) is 6.34. The van der Waals surface area contributed by atoms with Crippen molar-refractivity contribution in [3.8, 4) is 5.75 Å². The highest BCUT2D eigenvalue weighted by atomic mass is 35.5. The molecule has 0 fully saturated rings. The van der Waals surface area contributed by atoms with Crippen LogP contribution in [0.3, 0.4) is 0 Å². The van der Waals surface area contributed by atoms with Crippen LogP contribution in [0.25, 0.3) is 0 Å². The van der Waals surface area contributed by atoms with E-state index >= 15 is 0 Å². The van der Waals surface area contributed by atoms with Crippen LogP contribution in [0.2, 0.25) is 5.02 Å². The summed E-state index contributed by atoms with van der Waals surface area (Å²) in [6.45, 7) is 4.35. The van der Waals surface area contributed by atoms with Crippen LogP contribution < -0.4 is 4.74 Å². The topological polar surface area (TPSA) is 60.2 Å². The molecule has 0 radical (unpaired) electrons. The highest BCUT2D eigenvalue weighted by molar-refractivity contribution is 6.30. The second kappa shape index (κ2) is 5.59. The number of benzene rings is 1. The molecule has 19 heavy (non-hydrogen) atoms. The molecule has 0 aliphatic rings. The lowest BCUT2D eigenvalue weighted by Crippen LogP contribution is -2.16. The SMILES string of the molecule is CC(C)(O)c1cn(CCOc2cccc(Cl)c2)nn1. The van der Waals surface area contributed by atoms with Gasteiger partial charge in [-0.2, -0.15) is 0 Å². The molecule has 0 aliphatic carbocycles. The summed E-state index contributed by atoms with van der Waals surface area (Å²) in [7, 11) is 0. The molecule has 0 amide bonds. The van der Waals surface area contributed by atoms with Gasteiger partial charge in [-0.15, -0.1) is 5.10 Å². The van der Waals surface area contributed by atoms with E-state index in [0.717, 1.165) is 5.75 Å². The smallest absolute Gasteiger partial charge is 0.120 e. The molecule has 0 atom stereocenters. The van der Waals surface area contributed by atoms with Gasteiger partial charge in [0, 0.05) is 5.02 Å². The molecule has 1 heterocycles. The third-order valence-electron chi connectivity index (χ3n) is 2.55. The molecule has 102 valence electrons. The second-order valence-electron chi connectivity index (χ2n) is 4.73. The van der Waals surface area contributed by atoms with Gasteiger partial charge >= 0.3 is 0 Å². The van der Waals surface area contributed by atoms with Crippen molar-refractivity contribution >= 4 is 11.6 Å². The molecule has 0 unspecified atom stereocenters. The van der Waals surface area contributed by atoms with E-state index in [9.17, 15) is 5.11 Å². The molecule has 2 aromatic rings. The van der Waals surface area contributed by atoms with Gasteiger partial charge in [-0.05, 0) is 32.0 Å². The zero-order valence-electron chi connectivity index (χ0n) is 10.9. The molecule has 1 aromatic heterocycles. The number of nitrogens with zero attached hydrogens (tertiary/aromatic N) is 3. The summed E-state index contributed by atoms with van der Waals surface area (Å²) in [5.74, 6) is 0.718. The fourth-order valence-electron chi connectivity index (χ4n) is 1.50. The first-order valence-electron chi connectivity index (χ1n) is 5.96. The first-order chi connectivity index (χ1) is 8.95. The maximum atomic E-state index is 9.77. The Morgan fingerprint density at radius 2 is 2.21 bits per heavy atom. The summed E-state index contributed by atoms with van der Waals surface area (Å²) < 4.78 is 7.19. The Hall–Kier alpha value is -1.59. The predicted octanol–water partition coefficient (Wildman–Crippen LogP) is 2.24. The van der Waals surface area contributed by atoms with Crippen molar-refractivity contribution in [2.24, 2.45) is 0 Å². The zero-order chi connectivity index (χ0) is 13.9. The van der Waals surface area contributed by atoms with E-state index in [0.29, 0.717) is 23.9 Å². The Morgan fingerprint density at radius 1 is 1.42 bits per heavy atom. The summed E-state index contributed by atoms with van der Waals surface area (Å²) in [4.78, 5) is 0. The van der Waals surface area contributed by atoms with Gasteiger partial charge in [0.1, 0.15) is 23.7 Å². The lowest BCUT2D eigenvalue weighted by atomic mass is 10.1. The fourth-order valence-corrected chi connectivity index (χ4v) is 1.68. The van der Waals surface area contributed by atoms with Crippen LogP contribution in [0.4, 0.5) is 0 Å². The molecule has 0 aliphatic heterocycles. The van der Waals surface area contributed by atoms with Gasteiger partial charge in [0.15, 0.2) is 0 Å². The average Bonchev–Trinajstić information content (AvgIpc) is 2.77. The summed E-state index contributed by atoms with van der Waals surface area (Å²) in [5, 5.41) is 18.3. The van der Waals surface area contributed by atoms with Crippen LogP contribution in [0.5, 0.6) is 5.75 Å². The van der Waals surface area contributed by atoms with Gasteiger partial charge < -0.3 is 9.84 Å². The van der Waals surface area contributed by atoms with Gasteiger partial charge in [0.25, 0.3) is 0 Å². The number of hydrogen-bond donors (Lipinski definition) is 1. The molecule has 5 nitrogen and oxygen atoms in total. The zero-order valence-corrected chi connectivity index (χ0v) is 11.6. The Kier molecular flexibility index (Phi) is 4.07. The van der Waals surface area contributed by atoms with E-state index in [2.05, 4.69) is 10.3 Å². The van der Waals surface area contributed by atoms with Gasteiger partial charge in [-0.1, -0.05) is 22.9 Å². The summed E-state index contributed by atoms with van der Waals surface area (Å²) in [6.07, 6.45) is 1.71. The quantitative estimate of drug-likeness (QED) is 0.913. The van der Waals surface area contributed by atoms with Gasteiger partial charge in [-0.25, -0.2) is 4.68 Å². The third-order valence-corrected chi connectivity index (χ3v) is 2.79. The van der Waals surface area contributed by atoms with E-state index in [1.807, 2.05) is 12.1 Å². The number of rotatable bonds is 5. The van der Waals surface area contributed by atoms with Crippen LogP contribution in [-0.4, -0.2) is 26.7 Å². The van der Waals surface area contributed by atoms with Crippen LogP contribution in [0.15, 0.2) is 30.5 Å². The molecule has 0 bridgehead atoms. The van der Waals surface area contributed by atoms with E-state index < -0.39 is 5.60 Å². The van der Waals surface area contributed by atoms with Crippen molar-refractivity contribution in [1.29, 1.82) is 0 Å². The van der Waals surface area contributed by atoms with Crippen LogP contribution in [0.1, 0.15) is 19.5 Å². The van der Waals surface area contributed by atoms with E-state index in [1.54, 1.807) is 36.9 Å². The Morgan fingerprint density at radius 3 is 2.84 bits per heavy atom. The minimum absolute atomic E-state index is 0.453. The summed E-state index contributed by atoms with van der Waals surface area (Å²) in [6, 6.07) is 7.22. The van der Waals surface area contributed by atoms with Crippen molar-refractivity contribution in [2.75, 3.05) is 6.61 Å². The fraction of sp³-hybridized carbons (Fsp3) is 0.385. The summed E-state index contributed by atoms with van der Waals surface area (Å²) >= 11 is 5.86. The number of hydrogen-bond acceptors (Lipinski definition) is 4.